The van der Waals surface area contributed by atoms with Crippen LogP contribution in [0.15, 0.2) is 42.5 Å². The van der Waals surface area contributed by atoms with Crippen molar-refractivity contribution < 1.29 is 34.4 Å². The molecule has 30 heavy (non-hydrogen) atoms. The first-order chi connectivity index (χ1) is 14.2. The minimum absolute atomic E-state index is 0.141. The summed E-state index contributed by atoms with van der Waals surface area (Å²) >= 11 is 6.44. The van der Waals surface area contributed by atoms with Gasteiger partial charge in [0, 0.05) is 6.92 Å². The molecule has 0 aliphatic carbocycles. The van der Waals surface area contributed by atoms with Crippen LogP contribution in [0.4, 0.5) is 0 Å². The van der Waals surface area contributed by atoms with Crippen LogP contribution in [0.5, 0.6) is 17.2 Å². The van der Waals surface area contributed by atoms with E-state index in [-0.39, 0.29) is 11.1 Å². The number of rotatable bonds is 7. The third kappa shape index (κ3) is 7.15. The van der Waals surface area contributed by atoms with Crippen molar-refractivity contribution in [2.45, 2.75) is 44.8 Å². The number of carbonyl (C=O) groups is 2. The Bertz CT molecular complexity index is 880. The fourth-order valence-corrected chi connectivity index (χ4v) is 3.31. The van der Waals surface area contributed by atoms with Gasteiger partial charge in [-0.15, -0.1) is 11.6 Å². The lowest BCUT2D eigenvalue weighted by Crippen LogP contribution is -2.28. The Hall–Kier alpha value is -2.93. The van der Waals surface area contributed by atoms with Crippen molar-refractivity contribution >= 4 is 23.5 Å². The average Bonchev–Trinajstić information content (AvgIpc) is 3.09. The Morgan fingerprint density at radius 3 is 2.37 bits per heavy atom. The van der Waals surface area contributed by atoms with Crippen molar-refractivity contribution in [2.24, 2.45) is 5.92 Å². The Kier molecular flexibility index (Phi) is 8.35. The van der Waals surface area contributed by atoms with Crippen LogP contribution in [0, 0.1) is 5.92 Å². The highest BCUT2D eigenvalue weighted by molar-refractivity contribution is 6.20. The van der Waals surface area contributed by atoms with Gasteiger partial charge in [0.2, 0.25) is 0 Å². The molecule has 3 rings (SSSR count). The van der Waals surface area contributed by atoms with Gasteiger partial charge in [0.1, 0.15) is 5.75 Å². The number of hydrogen-bond acceptors (Lipinski definition) is 5. The highest BCUT2D eigenvalue weighted by Crippen LogP contribution is 2.36. The summed E-state index contributed by atoms with van der Waals surface area (Å²) in [5, 5.41) is 25.8. The second kappa shape index (κ2) is 10.7. The van der Waals surface area contributed by atoms with Crippen LogP contribution in [0.2, 0.25) is 0 Å². The van der Waals surface area contributed by atoms with Gasteiger partial charge in [-0.25, -0.2) is 4.79 Å². The monoisotopic (exact) mass is 436 g/mol. The fraction of sp³-hybridized carbons (Fsp3) is 0.364. The van der Waals surface area contributed by atoms with Crippen LogP contribution in [-0.2, 0) is 16.0 Å². The van der Waals surface area contributed by atoms with E-state index in [2.05, 4.69) is 6.92 Å². The second-order valence-electron chi connectivity index (χ2n) is 7.16. The molecule has 0 saturated heterocycles. The zero-order valence-corrected chi connectivity index (χ0v) is 17.5. The summed E-state index contributed by atoms with van der Waals surface area (Å²) in [5.74, 6) is -0.433. The molecular weight excluding hydrogens is 412 g/mol. The molecule has 8 heteroatoms. The van der Waals surface area contributed by atoms with Crippen molar-refractivity contribution in [3.05, 3.63) is 53.6 Å². The maximum absolute atomic E-state index is 10.9. The van der Waals surface area contributed by atoms with Crippen LogP contribution in [0.3, 0.4) is 0 Å². The molecule has 0 spiro atoms. The zero-order valence-electron chi connectivity index (χ0n) is 16.7. The molecule has 3 unspecified atom stereocenters. The number of hydrogen-bond donors (Lipinski definition) is 3. The molecule has 3 N–H and O–H groups in total. The van der Waals surface area contributed by atoms with Crippen molar-refractivity contribution in [1.82, 2.24) is 0 Å². The van der Waals surface area contributed by atoms with Gasteiger partial charge < -0.3 is 24.8 Å². The van der Waals surface area contributed by atoms with Crippen LogP contribution in [0.25, 0.3) is 0 Å². The van der Waals surface area contributed by atoms with Crippen molar-refractivity contribution in [3.63, 3.8) is 0 Å². The lowest BCUT2D eigenvalue weighted by atomic mass is 9.94. The van der Waals surface area contributed by atoms with E-state index in [1.165, 1.54) is 0 Å². The topological polar surface area (TPSA) is 113 Å². The van der Waals surface area contributed by atoms with Crippen molar-refractivity contribution in [2.75, 3.05) is 0 Å². The van der Waals surface area contributed by atoms with Gasteiger partial charge in [0.15, 0.2) is 11.5 Å². The Morgan fingerprint density at radius 2 is 1.73 bits per heavy atom. The van der Waals surface area contributed by atoms with Crippen LogP contribution < -0.4 is 9.47 Å². The number of carboxylic acids is 2. The van der Waals surface area contributed by atoms with E-state index >= 15 is 0 Å². The number of phenols is 1. The van der Waals surface area contributed by atoms with E-state index in [4.69, 9.17) is 36.1 Å². The number of aromatic hydroxyl groups is 1. The van der Waals surface area contributed by atoms with Gasteiger partial charge in [0.05, 0.1) is 5.38 Å². The SMILES string of the molecule is CC(=O)O.CC(CCC(Cl)c1cccc(O)c1)Cc1ccc2c(c1)OC(C(=O)O)O2. The summed E-state index contributed by atoms with van der Waals surface area (Å²) in [6.07, 6.45) is 1.29. The van der Waals surface area contributed by atoms with Crippen molar-refractivity contribution in [3.8, 4) is 17.2 Å². The standard InChI is InChI=1S/C20H21ClO5.C2H4O2/c1-12(5-7-16(21)14-3-2-4-15(22)11-14)9-13-6-8-17-18(10-13)26-20(25-17)19(23)24;1-2(3)4/h2-4,6,8,10-12,16,20,22H,5,7,9H2,1H3,(H,23,24);1H3,(H,3,4). The van der Waals surface area contributed by atoms with Gasteiger partial charge in [-0.3, -0.25) is 4.79 Å². The predicted molar refractivity (Wildman–Crippen MR) is 111 cm³/mol. The first kappa shape index (κ1) is 23.3. The zero-order chi connectivity index (χ0) is 22.3. The number of ether oxygens (including phenoxy) is 2. The molecule has 0 radical (unpaired) electrons. The average molecular weight is 437 g/mol. The molecule has 0 aromatic heterocycles. The second-order valence-corrected chi connectivity index (χ2v) is 7.68. The number of phenolic OH excluding ortho intramolecular Hbond substituents is 1. The molecule has 7 nitrogen and oxygen atoms in total. The summed E-state index contributed by atoms with van der Waals surface area (Å²) in [5.41, 5.74) is 1.98. The number of halogens is 1. The number of fused-ring (bicyclic) bond motifs is 1. The van der Waals surface area contributed by atoms with E-state index < -0.39 is 18.2 Å². The van der Waals surface area contributed by atoms with Gasteiger partial charge in [0.25, 0.3) is 5.97 Å². The summed E-state index contributed by atoms with van der Waals surface area (Å²) in [7, 11) is 0. The molecule has 3 atom stereocenters. The number of benzene rings is 2. The molecule has 0 amide bonds. The van der Waals surface area contributed by atoms with E-state index in [9.17, 15) is 9.90 Å². The van der Waals surface area contributed by atoms with E-state index in [0.717, 1.165) is 37.3 Å². The fourth-order valence-electron chi connectivity index (χ4n) is 3.05. The summed E-state index contributed by atoms with van der Waals surface area (Å²) in [6, 6.07) is 12.5. The molecule has 162 valence electrons. The molecule has 2 aromatic carbocycles. The molecule has 1 heterocycles. The molecule has 0 fully saturated rings. The van der Waals surface area contributed by atoms with E-state index in [1.807, 2.05) is 18.2 Å². The van der Waals surface area contributed by atoms with Crippen LogP contribution in [-0.4, -0.2) is 33.5 Å². The quantitative estimate of drug-likeness (QED) is 0.543. The third-order valence-corrected chi connectivity index (χ3v) is 4.88. The summed E-state index contributed by atoms with van der Waals surface area (Å²) < 4.78 is 10.5. The largest absolute Gasteiger partial charge is 0.508 e. The summed E-state index contributed by atoms with van der Waals surface area (Å²) in [4.78, 5) is 19.9. The first-order valence-corrected chi connectivity index (χ1v) is 9.91. The number of aliphatic carboxylic acids is 2. The van der Waals surface area contributed by atoms with Gasteiger partial charge in [-0.2, -0.15) is 0 Å². The molecular formula is C22H25ClO7. The Morgan fingerprint density at radius 1 is 1.07 bits per heavy atom. The van der Waals surface area contributed by atoms with Gasteiger partial charge >= 0.3 is 12.3 Å². The maximum atomic E-state index is 10.9. The lowest BCUT2D eigenvalue weighted by Gasteiger charge is -2.15. The van der Waals surface area contributed by atoms with Crippen LogP contribution >= 0.6 is 11.6 Å². The van der Waals surface area contributed by atoms with E-state index in [1.54, 1.807) is 24.3 Å². The number of carboxylic acid groups (broad SMARTS) is 2. The minimum atomic E-state index is -1.27. The smallest absolute Gasteiger partial charge is 0.387 e. The molecule has 0 bridgehead atoms. The van der Waals surface area contributed by atoms with E-state index in [0.29, 0.717) is 17.4 Å². The first-order valence-electron chi connectivity index (χ1n) is 9.47. The molecule has 2 aromatic rings. The Balaban J connectivity index is 0.000000735. The minimum Gasteiger partial charge on any atom is -0.508 e. The highest BCUT2D eigenvalue weighted by atomic mass is 35.5. The van der Waals surface area contributed by atoms with Gasteiger partial charge in [-0.1, -0.05) is 25.1 Å². The third-order valence-electron chi connectivity index (χ3n) is 4.41. The summed E-state index contributed by atoms with van der Waals surface area (Å²) in [6.45, 7) is 3.23. The Labute approximate surface area is 179 Å². The lowest BCUT2D eigenvalue weighted by molar-refractivity contribution is -0.154. The molecule has 1 aliphatic rings. The molecule has 0 saturated carbocycles. The van der Waals surface area contributed by atoms with Crippen LogP contribution in [0.1, 0.15) is 43.2 Å². The molecule has 1 aliphatic heterocycles. The van der Waals surface area contributed by atoms with Crippen molar-refractivity contribution in [1.29, 1.82) is 0 Å². The normalized spacial score (nSPS) is 16.2. The highest BCUT2D eigenvalue weighted by Gasteiger charge is 2.30. The predicted octanol–water partition coefficient (Wildman–Crippen LogP) is 4.60. The number of alkyl halides is 1. The maximum Gasteiger partial charge on any atom is 0.387 e. The van der Waals surface area contributed by atoms with Gasteiger partial charge in [-0.05, 0) is 60.6 Å².